The van der Waals surface area contributed by atoms with Crippen LogP contribution in [0, 0.1) is 0 Å². The number of carbonyl (C=O) groups is 1. The second kappa shape index (κ2) is 5.06. The van der Waals surface area contributed by atoms with E-state index in [9.17, 15) is 4.79 Å². The van der Waals surface area contributed by atoms with Crippen LogP contribution in [-0.2, 0) is 14.3 Å². The van der Waals surface area contributed by atoms with Gasteiger partial charge in [-0.2, -0.15) is 0 Å². The van der Waals surface area contributed by atoms with Gasteiger partial charge in [-0.25, -0.2) is 0 Å². The maximum absolute atomic E-state index is 12.0. The molecule has 0 bridgehead atoms. The summed E-state index contributed by atoms with van der Waals surface area (Å²) in [5.74, 6) is -0.0970. The Morgan fingerprint density at radius 1 is 1.26 bits per heavy atom. The fourth-order valence-electron chi connectivity index (χ4n) is 3.77. The Hall–Kier alpha value is -0.610. The molecule has 2 fully saturated rings. The van der Waals surface area contributed by atoms with Crippen LogP contribution in [0.4, 0.5) is 0 Å². The minimum Gasteiger partial charge on any atom is -0.468 e. The molecule has 0 aromatic heterocycles. The molecule has 0 aromatic rings. The second-order valence-corrected chi connectivity index (χ2v) is 6.96. The number of methoxy groups -OCH3 is 1. The Bertz CT molecular complexity index is 351. The fourth-order valence-corrected chi connectivity index (χ4v) is 3.77. The van der Waals surface area contributed by atoms with E-state index < -0.39 is 0 Å². The van der Waals surface area contributed by atoms with Gasteiger partial charge in [0.15, 0.2) is 0 Å². The summed E-state index contributed by atoms with van der Waals surface area (Å²) in [5.41, 5.74) is -0.334. The van der Waals surface area contributed by atoms with Gasteiger partial charge in [0.2, 0.25) is 0 Å². The molecule has 2 saturated heterocycles. The number of rotatable bonds is 2. The van der Waals surface area contributed by atoms with Gasteiger partial charge in [0.25, 0.3) is 0 Å². The van der Waals surface area contributed by atoms with Crippen molar-refractivity contribution in [2.75, 3.05) is 13.7 Å². The summed E-state index contributed by atoms with van der Waals surface area (Å²) in [6, 6.07) is 0.187. The highest BCUT2D eigenvalue weighted by Crippen LogP contribution is 2.42. The number of piperidine rings is 1. The molecule has 2 aliphatic rings. The highest BCUT2D eigenvalue weighted by molar-refractivity contribution is 5.75. The molecule has 2 heterocycles. The van der Waals surface area contributed by atoms with Crippen molar-refractivity contribution in [3.63, 3.8) is 0 Å². The lowest BCUT2D eigenvalue weighted by atomic mass is 9.89. The first-order valence-corrected chi connectivity index (χ1v) is 7.30. The summed E-state index contributed by atoms with van der Waals surface area (Å²) < 4.78 is 11.1. The first-order valence-electron chi connectivity index (χ1n) is 7.30. The maximum atomic E-state index is 12.0. The van der Waals surface area contributed by atoms with Gasteiger partial charge in [0.05, 0.1) is 18.3 Å². The summed E-state index contributed by atoms with van der Waals surface area (Å²) in [5, 5.41) is 0. The molecule has 0 spiro atoms. The maximum Gasteiger partial charge on any atom is 0.323 e. The van der Waals surface area contributed by atoms with Gasteiger partial charge in [-0.1, -0.05) is 6.42 Å². The second-order valence-electron chi connectivity index (χ2n) is 6.96. The van der Waals surface area contributed by atoms with Crippen LogP contribution in [0.2, 0.25) is 0 Å². The minimum absolute atomic E-state index is 0.0967. The molecule has 4 heteroatoms. The standard InChI is InChI=1S/C15H27NO3/c1-14(2)10-12(15(3,4)19-14)16-9-7-6-8-11(16)13(17)18-5/h11-12H,6-10H2,1-5H3. The average molecular weight is 269 g/mol. The number of hydrogen-bond acceptors (Lipinski definition) is 4. The van der Waals surface area contributed by atoms with E-state index in [1.165, 1.54) is 7.11 Å². The molecule has 4 nitrogen and oxygen atoms in total. The molecule has 19 heavy (non-hydrogen) atoms. The highest BCUT2D eigenvalue weighted by Gasteiger charge is 2.51. The Morgan fingerprint density at radius 2 is 1.95 bits per heavy atom. The van der Waals surface area contributed by atoms with Crippen molar-refractivity contribution >= 4 is 5.97 Å². The normalized spacial score (nSPS) is 34.2. The zero-order valence-corrected chi connectivity index (χ0v) is 12.9. The molecule has 0 radical (unpaired) electrons. The van der Waals surface area contributed by atoms with Crippen LogP contribution in [0.5, 0.6) is 0 Å². The zero-order valence-electron chi connectivity index (χ0n) is 12.9. The molecular weight excluding hydrogens is 242 g/mol. The lowest BCUT2D eigenvalue weighted by Gasteiger charge is -2.42. The van der Waals surface area contributed by atoms with Crippen molar-refractivity contribution in [2.24, 2.45) is 0 Å². The predicted molar refractivity (Wildman–Crippen MR) is 74.0 cm³/mol. The van der Waals surface area contributed by atoms with Crippen LogP contribution >= 0.6 is 0 Å². The molecule has 2 aliphatic heterocycles. The van der Waals surface area contributed by atoms with E-state index in [1.54, 1.807) is 0 Å². The predicted octanol–water partition coefficient (Wildman–Crippen LogP) is 2.36. The topological polar surface area (TPSA) is 38.8 Å². The molecule has 0 aromatic carbocycles. The fraction of sp³-hybridized carbons (Fsp3) is 0.933. The molecule has 0 aliphatic carbocycles. The number of nitrogens with zero attached hydrogens (tertiary/aromatic N) is 1. The van der Waals surface area contributed by atoms with E-state index in [0.717, 1.165) is 32.2 Å². The van der Waals surface area contributed by atoms with E-state index in [4.69, 9.17) is 9.47 Å². The van der Waals surface area contributed by atoms with Gasteiger partial charge in [-0.15, -0.1) is 0 Å². The molecule has 0 saturated carbocycles. The van der Waals surface area contributed by atoms with Crippen LogP contribution in [0.1, 0.15) is 53.4 Å². The number of esters is 1. The summed E-state index contributed by atoms with van der Waals surface area (Å²) in [4.78, 5) is 14.3. The van der Waals surface area contributed by atoms with Crippen molar-refractivity contribution in [3.8, 4) is 0 Å². The Kier molecular flexibility index (Phi) is 3.94. The van der Waals surface area contributed by atoms with Gasteiger partial charge >= 0.3 is 5.97 Å². The molecule has 2 unspecified atom stereocenters. The smallest absolute Gasteiger partial charge is 0.323 e. The van der Waals surface area contributed by atoms with Crippen LogP contribution in [0.25, 0.3) is 0 Å². The Morgan fingerprint density at radius 3 is 2.47 bits per heavy atom. The molecule has 0 N–H and O–H groups in total. The Labute approximate surface area is 116 Å². The van der Waals surface area contributed by atoms with Crippen LogP contribution in [0.15, 0.2) is 0 Å². The van der Waals surface area contributed by atoms with E-state index in [0.29, 0.717) is 0 Å². The van der Waals surface area contributed by atoms with E-state index in [-0.39, 0.29) is 29.3 Å². The molecular formula is C15H27NO3. The third-order valence-corrected chi connectivity index (χ3v) is 4.44. The van der Waals surface area contributed by atoms with Crippen LogP contribution in [-0.4, -0.2) is 47.8 Å². The lowest BCUT2D eigenvalue weighted by molar-refractivity contribution is -0.151. The highest BCUT2D eigenvalue weighted by atomic mass is 16.5. The number of ether oxygens (including phenoxy) is 2. The molecule has 2 atom stereocenters. The van der Waals surface area contributed by atoms with Crippen molar-refractivity contribution in [1.82, 2.24) is 4.90 Å². The number of likely N-dealkylation sites (tertiary alicyclic amines) is 1. The van der Waals surface area contributed by atoms with Gasteiger partial charge < -0.3 is 9.47 Å². The van der Waals surface area contributed by atoms with Gasteiger partial charge in [0, 0.05) is 6.04 Å². The molecule has 0 amide bonds. The monoisotopic (exact) mass is 269 g/mol. The van der Waals surface area contributed by atoms with E-state index in [1.807, 2.05) is 0 Å². The quantitative estimate of drug-likeness (QED) is 0.721. The largest absolute Gasteiger partial charge is 0.468 e. The SMILES string of the molecule is COC(=O)C1CCCCN1C1CC(C)(C)OC1(C)C. The first kappa shape index (κ1) is 14.8. The van der Waals surface area contributed by atoms with E-state index >= 15 is 0 Å². The van der Waals surface area contributed by atoms with Crippen LogP contribution < -0.4 is 0 Å². The molecule has 110 valence electrons. The summed E-state index contributed by atoms with van der Waals surface area (Å²) in [6.07, 6.45) is 4.13. The summed E-state index contributed by atoms with van der Waals surface area (Å²) >= 11 is 0. The van der Waals surface area contributed by atoms with Crippen LogP contribution in [0.3, 0.4) is 0 Å². The van der Waals surface area contributed by atoms with Crippen molar-refractivity contribution in [1.29, 1.82) is 0 Å². The lowest BCUT2D eigenvalue weighted by Crippen LogP contribution is -2.55. The van der Waals surface area contributed by atoms with Gasteiger partial charge in [0.1, 0.15) is 6.04 Å². The van der Waals surface area contributed by atoms with Crippen molar-refractivity contribution in [3.05, 3.63) is 0 Å². The minimum atomic E-state index is -0.215. The van der Waals surface area contributed by atoms with Gasteiger partial charge in [-0.3, -0.25) is 9.69 Å². The summed E-state index contributed by atoms with van der Waals surface area (Å²) in [6.45, 7) is 9.50. The zero-order chi connectivity index (χ0) is 14.3. The van der Waals surface area contributed by atoms with Gasteiger partial charge in [-0.05, 0) is 53.5 Å². The average Bonchev–Trinajstić information content (AvgIpc) is 2.56. The molecule has 2 rings (SSSR count). The number of hydrogen-bond donors (Lipinski definition) is 0. The Balaban J connectivity index is 2.20. The number of carbonyl (C=O) groups excluding carboxylic acids is 1. The third kappa shape index (κ3) is 2.95. The van der Waals surface area contributed by atoms with Crippen molar-refractivity contribution < 1.29 is 14.3 Å². The van der Waals surface area contributed by atoms with E-state index in [2.05, 4.69) is 32.6 Å². The third-order valence-electron chi connectivity index (χ3n) is 4.44. The first-order chi connectivity index (χ1) is 8.77. The summed E-state index contributed by atoms with van der Waals surface area (Å²) in [7, 11) is 1.48. The van der Waals surface area contributed by atoms with Crippen molar-refractivity contribution in [2.45, 2.75) is 76.7 Å².